The molecule has 0 radical (unpaired) electrons. The fourth-order valence-electron chi connectivity index (χ4n) is 3.58. The lowest BCUT2D eigenvalue weighted by Gasteiger charge is -2.28. The van der Waals surface area contributed by atoms with Crippen LogP contribution in [-0.2, 0) is 11.2 Å². The summed E-state index contributed by atoms with van der Waals surface area (Å²) in [6.07, 6.45) is 6.34. The Morgan fingerprint density at radius 2 is 1.57 bits per heavy atom. The highest BCUT2D eigenvalue weighted by molar-refractivity contribution is 6.04. The van der Waals surface area contributed by atoms with Gasteiger partial charge in [-0.15, -0.1) is 0 Å². The van der Waals surface area contributed by atoms with E-state index in [1.54, 1.807) is 0 Å². The Morgan fingerprint density at radius 1 is 0.893 bits per heavy atom. The molecule has 5 nitrogen and oxygen atoms in total. The van der Waals surface area contributed by atoms with Gasteiger partial charge in [-0.1, -0.05) is 12.1 Å². The van der Waals surface area contributed by atoms with Gasteiger partial charge in [0.05, 0.1) is 6.42 Å². The van der Waals surface area contributed by atoms with E-state index in [2.05, 4.69) is 15.5 Å². The van der Waals surface area contributed by atoms with Gasteiger partial charge in [0, 0.05) is 36.1 Å². The lowest BCUT2D eigenvalue weighted by atomic mass is 10.1. The molecule has 2 aromatic carbocycles. The molecule has 2 amide bonds. The van der Waals surface area contributed by atoms with Crippen molar-refractivity contribution >= 4 is 23.2 Å². The molecule has 1 aliphatic carbocycles. The molecule has 0 atom stereocenters. The van der Waals surface area contributed by atoms with Crippen LogP contribution >= 0.6 is 0 Å². The Balaban J connectivity index is 1.31. The van der Waals surface area contributed by atoms with Crippen LogP contribution in [0.15, 0.2) is 48.5 Å². The average Bonchev–Trinajstić information content (AvgIpc) is 3.54. The van der Waals surface area contributed by atoms with Crippen LogP contribution in [0, 0.1) is 0 Å². The quantitative estimate of drug-likeness (QED) is 0.806. The fraction of sp³-hybridized carbons (Fsp3) is 0.391. The number of rotatable bonds is 6. The van der Waals surface area contributed by atoms with E-state index in [-0.39, 0.29) is 11.8 Å². The van der Waals surface area contributed by atoms with Crippen molar-refractivity contribution in [2.75, 3.05) is 23.3 Å². The minimum absolute atomic E-state index is 0.0630. The molecule has 0 unspecified atom stereocenters. The summed E-state index contributed by atoms with van der Waals surface area (Å²) in [6, 6.07) is 15.7. The number of piperidine rings is 1. The zero-order valence-electron chi connectivity index (χ0n) is 16.1. The van der Waals surface area contributed by atoms with E-state index < -0.39 is 0 Å². The summed E-state index contributed by atoms with van der Waals surface area (Å²) in [5.41, 5.74) is 3.51. The number of carbonyl (C=O) groups excluding carboxylic acids is 2. The van der Waals surface area contributed by atoms with Crippen LogP contribution in [0.5, 0.6) is 0 Å². The number of hydrogen-bond acceptors (Lipinski definition) is 3. The summed E-state index contributed by atoms with van der Waals surface area (Å²) < 4.78 is 0. The molecular formula is C23H27N3O2. The van der Waals surface area contributed by atoms with E-state index in [9.17, 15) is 9.59 Å². The van der Waals surface area contributed by atoms with Gasteiger partial charge >= 0.3 is 0 Å². The molecule has 0 spiro atoms. The third-order valence-corrected chi connectivity index (χ3v) is 5.37. The first-order valence-electron chi connectivity index (χ1n) is 10.2. The molecule has 2 aliphatic rings. The third-order valence-electron chi connectivity index (χ3n) is 5.37. The molecule has 2 aromatic rings. The summed E-state index contributed by atoms with van der Waals surface area (Å²) in [4.78, 5) is 26.8. The van der Waals surface area contributed by atoms with E-state index in [0.29, 0.717) is 18.0 Å². The number of anilines is 2. The van der Waals surface area contributed by atoms with Crippen LogP contribution in [-0.4, -0.2) is 30.9 Å². The molecule has 2 N–H and O–H groups in total. The Morgan fingerprint density at radius 3 is 2.21 bits per heavy atom. The fourth-order valence-corrected chi connectivity index (χ4v) is 3.58. The van der Waals surface area contributed by atoms with Gasteiger partial charge in [0.25, 0.3) is 5.91 Å². The monoisotopic (exact) mass is 377 g/mol. The summed E-state index contributed by atoms with van der Waals surface area (Å²) in [5.74, 6) is -0.0579. The molecule has 1 aliphatic heterocycles. The first-order chi connectivity index (χ1) is 13.7. The zero-order valence-corrected chi connectivity index (χ0v) is 16.1. The van der Waals surface area contributed by atoms with Crippen molar-refractivity contribution in [1.29, 1.82) is 0 Å². The van der Waals surface area contributed by atoms with Crippen LogP contribution < -0.4 is 15.5 Å². The molecule has 1 heterocycles. The van der Waals surface area contributed by atoms with Gasteiger partial charge in [-0.25, -0.2) is 0 Å². The van der Waals surface area contributed by atoms with Gasteiger partial charge < -0.3 is 15.5 Å². The van der Waals surface area contributed by atoms with Crippen LogP contribution in [0.3, 0.4) is 0 Å². The summed E-state index contributed by atoms with van der Waals surface area (Å²) in [6.45, 7) is 2.19. The summed E-state index contributed by atoms with van der Waals surface area (Å²) in [7, 11) is 0. The van der Waals surface area contributed by atoms with Crippen LogP contribution in [0.4, 0.5) is 11.4 Å². The normalized spacial score (nSPS) is 16.5. The Labute approximate surface area is 166 Å². The molecule has 5 heteroatoms. The van der Waals surface area contributed by atoms with Gasteiger partial charge in [0.15, 0.2) is 0 Å². The Kier molecular flexibility index (Phi) is 5.60. The van der Waals surface area contributed by atoms with Crippen molar-refractivity contribution in [3.05, 3.63) is 59.7 Å². The largest absolute Gasteiger partial charge is 0.372 e. The SMILES string of the molecule is O=C(Cc1ccc(NC(=O)c2ccc(N3CCCCC3)cc2)cc1)NC1CC1. The second-order valence-corrected chi connectivity index (χ2v) is 7.76. The number of hydrogen-bond donors (Lipinski definition) is 2. The molecule has 0 aromatic heterocycles. The van der Waals surface area contributed by atoms with Crippen molar-refractivity contribution in [1.82, 2.24) is 5.32 Å². The molecule has 2 fully saturated rings. The average molecular weight is 377 g/mol. The highest BCUT2D eigenvalue weighted by atomic mass is 16.2. The lowest BCUT2D eigenvalue weighted by molar-refractivity contribution is -0.120. The number of carbonyl (C=O) groups is 2. The first-order valence-corrected chi connectivity index (χ1v) is 10.2. The lowest BCUT2D eigenvalue weighted by Crippen LogP contribution is -2.29. The topological polar surface area (TPSA) is 61.4 Å². The van der Waals surface area contributed by atoms with Gasteiger partial charge in [-0.3, -0.25) is 9.59 Å². The minimum Gasteiger partial charge on any atom is -0.372 e. The maximum Gasteiger partial charge on any atom is 0.255 e. The smallest absolute Gasteiger partial charge is 0.255 e. The van der Waals surface area contributed by atoms with E-state index in [0.717, 1.165) is 37.2 Å². The van der Waals surface area contributed by atoms with Crippen molar-refractivity contribution in [2.45, 2.75) is 44.6 Å². The second-order valence-electron chi connectivity index (χ2n) is 7.76. The van der Waals surface area contributed by atoms with Gasteiger partial charge in [-0.05, 0) is 74.1 Å². The summed E-state index contributed by atoms with van der Waals surface area (Å²) in [5, 5.41) is 5.91. The highest BCUT2D eigenvalue weighted by Crippen LogP contribution is 2.21. The van der Waals surface area contributed by atoms with E-state index in [4.69, 9.17) is 0 Å². The predicted octanol–water partition coefficient (Wildman–Crippen LogP) is 3.75. The van der Waals surface area contributed by atoms with Crippen molar-refractivity contribution in [2.24, 2.45) is 0 Å². The highest BCUT2D eigenvalue weighted by Gasteiger charge is 2.23. The van der Waals surface area contributed by atoms with E-state index in [1.165, 1.54) is 24.9 Å². The maximum absolute atomic E-state index is 12.5. The predicted molar refractivity (Wildman–Crippen MR) is 112 cm³/mol. The Bertz CT molecular complexity index is 820. The van der Waals surface area contributed by atoms with E-state index in [1.807, 2.05) is 48.5 Å². The third kappa shape index (κ3) is 4.91. The molecule has 0 bridgehead atoms. The molecular weight excluding hydrogens is 350 g/mol. The number of nitrogens with one attached hydrogen (secondary N) is 2. The number of amides is 2. The van der Waals surface area contributed by atoms with Crippen LogP contribution in [0.25, 0.3) is 0 Å². The maximum atomic E-state index is 12.5. The standard InChI is InChI=1S/C23H27N3O2/c27-22(24-19-10-11-19)16-17-4-8-20(9-5-17)25-23(28)18-6-12-21(13-7-18)26-14-2-1-3-15-26/h4-9,12-13,19H,1-3,10-11,14-16H2,(H,24,27)(H,25,28). The molecule has 28 heavy (non-hydrogen) atoms. The Hall–Kier alpha value is -2.82. The molecule has 1 saturated carbocycles. The number of benzene rings is 2. The molecule has 146 valence electrons. The van der Waals surface area contributed by atoms with Gasteiger partial charge in [-0.2, -0.15) is 0 Å². The molecule has 1 saturated heterocycles. The van der Waals surface area contributed by atoms with Crippen molar-refractivity contribution in [3.63, 3.8) is 0 Å². The van der Waals surface area contributed by atoms with Crippen LogP contribution in [0.1, 0.15) is 48.0 Å². The van der Waals surface area contributed by atoms with Crippen molar-refractivity contribution < 1.29 is 9.59 Å². The second kappa shape index (κ2) is 8.46. The summed E-state index contributed by atoms with van der Waals surface area (Å²) >= 11 is 0. The number of nitrogens with zero attached hydrogens (tertiary/aromatic N) is 1. The van der Waals surface area contributed by atoms with Crippen LogP contribution in [0.2, 0.25) is 0 Å². The van der Waals surface area contributed by atoms with Gasteiger partial charge in [0.1, 0.15) is 0 Å². The zero-order chi connectivity index (χ0) is 19.3. The molecule has 4 rings (SSSR count). The van der Waals surface area contributed by atoms with Crippen molar-refractivity contribution in [3.8, 4) is 0 Å². The van der Waals surface area contributed by atoms with E-state index >= 15 is 0 Å². The first kappa shape index (κ1) is 18.5. The minimum atomic E-state index is -0.121. The van der Waals surface area contributed by atoms with Gasteiger partial charge in [0.2, 0.25) is 5.91 Å².